The van der Waals surface area contributed by atoms with Gasteiger partial charge in [0.05, 0.1) is 0 Å². The van der Waals surface area contributed by atoms with Gasteiger partial charge in [-0.1, -0.05) is 41.4 Å². The monoisotopic (exact) mass is 290 g/mol. The van der Waals surface area contributed by atoms with Crippen LogP contribution in [-0.2, 0) is 17.6 Å². The molecular weight excluding hydrogens is 275 g/mol. The van der Waals surface area contributed by atoms with Crippen LogP contribution in [-0.4, -0.2) is 5.78 Å². The molecule has 0 fully saturated rings. The zero-order valence-corrected chi connectivity index (χ0v) is 12.1. The Balaban J connectivity index is 1.94. The third kappa shape index (κ3) is 4.17. The van der Waals surface area contributed by atoms with Gasteiger partial charge >= 0.3 is 0 Å². The first-order valence-corrected chi connectivity index (χ1v) is 6.93. The van der Waals surface area contributed by atoms with Crippen LogP contribution in [0.3, 0.4) is 0 Å². The number of aryl methyl sites for hydroxylation is 2. The lowest BCUT2D eigenvalue weighted by atomic mass is 10.0. The lowest BCUT2D eigenvalue weighted by Gasteiger charge is -2.05. The third-order valence-electron chi connectivity index (χ3n) is 3.17. The van der Waals surface area contributed by atoms with Crippen LogP contribution in [0.4, 0.5) is 4.39 Å². The summed E-state index contributed by atoms with van der Waals surface area (Å²) >= 11 is 5.96. The Morgan fingerprint density at radius 3 is 2.75 bits per heavy atom. The van der Waals surface area contributed by atoms with Gasteiger partial charge in [-0.3, -0.25) is 4.79 Å². The smallest absolute Gasteiger partial charge is 0.137 e. The van der Waals surface area contributed by atoms with Gasteiger partial charge < -0.3 is 0 Å². The van der Waals surface area contributed by atoms with Crippen molar-refractivity contribution >= 4 is 17.4 Å². The molecule has 0 atom stereocenters. The van der Waals surface area contributed by atoms with Crippen molar-refractivity contribution in [1.29, 1.82) is 0 Å². The minimum atomic E-state index is -0.365. The first-order valence-electron chi connectivity index (χ1n) is 6.56. The average Bonchev–Trinajstić information content (AvgIpc) is 2.41. The van der Waals surface area contributed by atoms with Crippen molar-refractivity contribution < 1.29 is 9.18 Å². The van der Waals surface area contributed by atoms with Gasteiger partial charge in [-0.2, -0.15) is 0 Å². The van der Waals surface area contributed by atoms with Crippen molar-refractivity contribution in [3.05, 3.63) is 70.0 Å². The zero-order chi connectivity index (χ0) is 14.5. The first kappa shape index (κ1) is 14.7. The molecule has 3 heteroatoms. The van der Waals surface area contributed by atoms with Crippen molar-refractivity contribution in [1.82, 2.24) is 0 Å². The molecule has 0 aliphatic rings. The maximum Gasteiger partial charge on any atom is 0.137 e. The summed E-state index contributed by atoms with van der Waals surface area (Å²) in [4.78, 5) is 12.0. The Bertz CT molecular complexity index is 622. The second kappa shape index (κ2) is 6.67. The highest BCUT2D eigenvalue weighted by atomic mass is 35.5. The Morgan fingerprint density at radius 2 is 2.00 bits per heavy atom. The van der Waals surface area contributed by atoms with E-state index in [4.69, 9.17) is 11.6 Å². The Kier molecular flexibility index (Phi) is 4.91. The molecule has 0 aliphatic heterocycles. The highest BCUT2D eigenvalue weighted by Gasteiger charge is 2.09. The summed E-state index contributed by atoms with van der Waals surface area (Å²) < 4.78 is 13.1. The number of hydrogen-bond acceptors (Lipinski definition) is 1. The highest BCUT2D eigenvalue weighted by Crippen LogP contribution is 2.18. The number of ketones is 1. The lowest BCUT2D eigenvalue weighted by molar-refractivity contribution is -0.118. The fourth-order valence-electron chi connectivity index (χ4n) is 2.13. The molecule has 2 aromatic rings. The van der Waals surface area contributed by atoms with Crippen LogP contribution in [0.5, 0.6) is 0 Å². The molecule has 0 saturated heterocycles. The minimum Gasteiger partial charge on any atom is -0.299 e. The molecule has 1 nitrogen and oxygen atoms in total. The van der Waals surface area contributed by atoms with Crippen molar-refractivity contribution in [2.24, 2.45) is 0 Å². The van der Waals surface area contributed by atoms with Crippen molar-refractivity contribution in [3.8, 4) is 0 Å². The van der Waals surface area contributed by atoms with Gasteiger partial charge in [-0.15, -0.1) is 0 Å². The van der Waals surface area contributed by atoms with Crippen LogP contribution in [0.2, 0.25) is 5.02 Å². The van der Waals surface area contributed by atoms with Crippen LogP contribution in [0.15, 0.2) is 42.5 Å². The fraction of sp³-hybridized carbons (Fsp3) is 0.235. The number of benzene rings is 2. The predicted molar refractivity (Wildman–Crippen MR) is 79.6 cm³/mol. The maximum atomic E-state index is 13.1. The minimum absolute atomic E-state index is 0.0685. The molecule has 0 saturated carbocycles. The summed E-state index contributed by atoms with van der Waals surface area (Å²) in [6.07, 6.45) is 1.33. The van der Waals surface area contributed by atoms with E-state index >= 15 is 0 Å². The number of Topliss-reactive ketones (excluding diaryl/α,β-unsaturated/α-hetero) is 1. The molecule has 20 heavy (non-hydrogen) atoms. The van der Waals surface area contributed by atoms with E-state index in [9.17, 15) is 9.18 Å². The molecule has 0 N–H and O–H groups in total. The van der Waals surface area contributed by atoms with E-state index in [0.29, 0.717) is 23.4 Å². The number of rotatable bonds is 5. The summed E-state index contributed by atoms with van der Waals surface area (Å²) in [5.41, 5.74) is 2.88. The molecule has 0 aliphatic carbocycles. The molecule has 2 rings (SSSR count). The normalized spacial score (nSPS) is 10.6. The SMILES string of the molecule is Cc1cccc(CCC(=O)Cc2cc(F)ccc2Cl)c1. The summed E-state index contributed by atoms with van der Waals surface area (Å²) in [7, 11) is 0. The molecule has 0 unspecified atom stereocenters. The molecule has 0 spiro atoms. The standard InChI is InChI=1S/C17H16ClFO/c1-12-3-2-4-13(9-12)5-7-16(20)11-14-10-15(19)6-8-17(14)18/h2-4,6,8-10H,5,7,11H2,1H3. The van der Waals surface area contributed by atoms with E-state index in [-0.39, 0.29) is 18.0 Å². The van der Waals surface area contributed by atoms with Gasteiger partial charge in [0.25, 0.3) is 0 Å². The van der Waals surface area contributed by atoms with E-state index in [1.807, 2.05) is 25.1 Å². The highest BCUT2D eigenvalue weighted by molar-refractivity contribution is 6.31. The van der Waals surface area contributed by atoms with Gasteiger partial charge in [-0.05, 0) is 42.7 Å². The Morgan fingerprint density at radius 1 is 1.20 bits per heavy atom. The van der Waals surface area contributed by atoms with Crippen molar-refractivity contribution in [2.75, 3.05) is 0 Å². The summed E-state index contributed by atoms with van der Waals surface area (Å²) in [5, 5.41) is 0.440. The van der Waals surface area contributed by atoms with E-state index in [2.05, 4.69) is 6.07 Å². The van der Waals surface area contributed by atoms with Gasteiger partial charge in [0.15, 0.2) is 0 Å². The molecule has 0 bridgehead atoms. The summed E-state index contributed by atoms with van der Waals surface area (Å²) in [5.74, 6) is -0.296. The van der Waals surface area contributed by atoms with Gasteiger partial charge in [0.2, 0.25) is 0 Å². The fourth-order valence-corrected chi connectivity index (χ4v) is 2.32. The van der Waals surface area contributed by atoms with Crippen LogP contribution in [0, 0.1) is 12.7 Å². The molecular formula is C17H16ClFO. The second-order valence-corrected chi connectivity index (χ2v) is 5.35. The van der Waals surface area contributed by atoms with E-state index in [0.717, 1.165) is 5.56 Å². The maximum absolute atomic E-state index is 13.1. The largest absolute Gasteiger partial charge is 0.299 e. The number of hydrogen-bond donors (Lipinski definition) is 0. The Labute approximate surface area is 123 Å². The average molecular weight is 291 g/mol. The Hall–Kier alpha value is -1.67. The first-order chi connectivity index (χ1) is 9.54. The van der Waals surface area contributed by atoms with Crippen LogP contribution >= 0.6 is 11.6 Å². The molecule has 0 amide bonds. The summed E-state index contributed by atoms with van der Waals surface area (Å²) in [6, 6.07) is 12.2. The van der Waals surface area contributed by atoms with E-state index in [1.165, 1.54) is 23.8 Å². The zero-order valence-electron chi connectivity index (χ0n) is 11.3. The molecule has 0 radical (unpaired) electrons. The topological polar surface area (TPSA) is 17.1 Å². The van der Waals surface area contributed by atoms with Gasteiger partial charge in [-0.25, -0.2) is 4.39 Å². The van der Waals surface area contributed by atoms with Crippen LogP contribution in [0.25, 0.3) is 0 Å². The van der Waals surface area contributed by atoms with Gasteiger partial charge in [0.1, 0.15) is 11.6 Å². The van der Waals surface area contributed by atoms with Gasteiger partial charge in [0, 0.05) is 17.9 Å². The van der Waals surface area contributed by atoms with Crippen molar-refractivity contribution in [3.63, 3.8) is 0 Å². The molecule has 2 aromatic carbocycles. The number of carbonyl (C=O) groups is 1. The lowest BCUT2D eigenvalue weighted by Crippen LogP contribution is -2.05. The molecule has 0 heterocycles. The predicted octanol–water partition coefficient (Wildman–Crippen LogP) is 4.53. The van der Waals surface area contributed by atoms with Crippen molar-refractivity contribution in [2.45, 2.75) is 26.2 Å². The number of carbonyl (C=O) groups excluding carboxylic acids is 1. The van der Waals surface area contributed by atoms with Crippen LogP contribution < -0.4 is 0 Å². The van der Waals surface area contributed by atoms with E-state index in [1.54, 1.807) is 0 Å². The van der Waals surface area contributed by atoms with Crippen LogP contribution in [0.1, 0.15) is 23.1 Å². The number of halogens is 2. The molecule has 0 aromatic heterocycles. The molecule has 104 valence electrons. The summed E-state index contributed by atoms with van der Waals surface area (Å²) in [6.45, 7) is 2.03. The quantitative estimate of drug-likeness (QED) is 0.790. The third-order valence-corrected chi connectivity index (χ3v) is 3.54. The van der Waals surface area contributed by atoms with E-state index < -0.39 is 0 Å². The second-order valence-electron chi connectivity index (χ2n) is 4.94.